The quantitative estimate of drug-likeness (QED) is 0.528. The summed E-state index contributed by atoms with van der Waals surface area (Å²) in [5, 5.41) is 2.96. The Labute approximate surface area is 188 Å². The van der Waals surface area contributed by atoms with E-state index in [1.807, 2.05) is 60.7 Å². The van der Waals surface area contributed by atoms with E-state index in [-0.39, 0.29) is 12.5 Å². The highest BCUT2D eigenvalue weighted by Gasteiger charge is 2.53. The highest BCUT2D eigenvalue weighted by atomic mass is 79.9. The van der Waals surface area contributed by atoms with Gasteiger partial charge in [-0.3, -0.25) is 9.69 Å². The third-order valence-electron chi connectivity index (χ3n) is 5.41. The van der Waals surface area contributed by atoms with Gasteiger partial charge in [0.15, 0.2) is 17.0 Å². The standard InChI is InChI=1S/C24H21BrN2O4/c1-30-19-14-13-16(20(25)21(19)31-2)15-27-22(28)24(26-23(27)29,17-9-5-3-6-10-17)18-11-7-4-8-12-18/h3-14H,15H2,1-2H3,(H,26,29). The molecule has 0 radical (unpaired) electrons. The van der Waals surface area contributed by atoms with Crippen molar-refractivity contribution in [2.45, 2.75) is 12.1 Å². The van der Waals surface area contributed by atoms with Crippen molar-refractivity contribution in [3.8, 4) is 11.5 Å². The molecular formula is C24H21BrN2O4. The van der Waals surface area contributed by atoms with E-state index in [4.69, 9.17) is 9.47 Å². The van der Waals surface area contributed by atoms with Crippen molar-refractivity contribution in [1.82, 2.24) is 10.2 Å². The predicted octanol–water partition coefficient (Wildman–Crippen LogP) is 4.46. The molecule has 0 spiro atoms. The maximum atomic E-state index is 13.8. The van der Waals surface area contributed by atoms with Crippen LogP contribution < -0.4 is 14.8 Å². The molecule has 1 N–H and O–H groups in total. The molecule has 0 atom stereocenters. The molecule has 0 aromatic heterocycles. The number of nitrogens with one attached hydrogen (secondary N) is 1. The summed E-state index contributed by atoms with van der Waals surface area (Å²) in [5.41, 5.74) is 0.836. The lowest BCUT2D eigenvalue weighted by atomic mass is 9.82. The topological polar surface area (TPSA) is 67.9 Å². The van der Waals surface area contributed by atoms with Crippen LogP contribution in [0.15, 0.2) is 77.3 Å². The van der Waals surface area contributed by atoms with E-state index in [9.17, 15) is 9.59 Å². The van der Waals surface area contributed by atoms with Crippen LogP contribution in [-0.2, 0) is 16.9 Å². The number of carbonyl (C=O) groups is 2. The normalized spacial score (nSPS) is 15.0. The molecular weight excluding hydrogens is 460 g/mol. The van der Waals surface area contributed by atoms with Crippen LogP contribution in [0.3, 0.4) is 0 Å². The largest absolute Gasteiger partial charge is 0.493 e. The lowest BCUT2D eigenvalue weighted by Gasteiger charge is -2.28. The molecule has 1 aliphatic rings. The second-order valence-corrected chi connectivity index (χ2v) is 7.87. The van der Waals surface area contributed by atoms with Gasteiger partial charge in [0.2, 0.25) is 0 Å². The van der Waals surface area contributed by atoms with Crippen LogP contribution in [0.1, 0.15) is 16.7 Å². The van der Waals surface area contributed by atoms with E-state index >= 15 is 0 Å². The van der Waals surface area contributed by atoms with Gasteiger partial charge in [-0.25, -0.2) is 4.79 Å². The van der Waals surface area contributed by atoms with Crippen LogP contribution in [0.5, 0.6) is 11.5 Å². The first-order valence-corrected chi connectivity index (χ1v) is 10.5. The molecule has 3 amide bonds. The number of methoxy groups -OCH3 is 2. The Bertz CT molecular complexity index is 1080. The number of benzene rings is 3. The van der Waals surface area contributed by atoms with Crippen molar-refractivity contribution < 1.29 is 19.1 Å². The maximum Gasteiger partial charge on any atom is 0.325 e. The Balaban J connectivity index is 1.78. The lowest BCUT2D eigenvalue weighted by molar-refractivity contribution is -0.130. The van der Waals surface area contributed by atoms with Gasteiger partial charge in [-0.2, -0.15) is 0 Å². The van der Waals surface area contributed by atoms with Crippen LogP contribution in [-0.4, -0.2) is 31.1 Å². The van der Waals surface area contributed by atoms with E-state index in [2.05, 4.69) is 21.2 Å². The summed E-state index contributed by atoms with van der Waals surface area (Å²) in [4.78, 5) is 28.1. The van der Waals surface area contributed by atoms with Crippen LogP contribution in [0, 0.1) is 0 Å². The van der Waals surface area contributed by atoms with Gasteiger partial charge in [-0.15, -0.1) is 0 Å². The maximum absolute atomic E-state index is 13.8. The third-order valence-corrected chi connectivity index (χ3v) is 6.28. The highest BCUT2D eigenvalue weighted by molar-refractivity contribution is 9.10. The first-order valence-electron chi connectivity index (χ1n) is 9.67. The van der Waals surface area contributed by atoms with Gasteiger partial charge in [0.1, 0.15) is 0 Å². The first kappa shape index (κ1) is 20.9. The molecule has 3 aromatic carbocycles. The van der Waals surface area contributed by atoms with Crippen LogP contribution in [0.25, 0.3) is 0 Å². The summed E-state index contributed by atoms with van der Waals surface area (Å²) in [6, 6.07) is 21.7. The van der Waals surface area contributed by atoms with Crippen LogP contribution in [0.4, 0.5) is 4.79 Å². The van der Waals surface area contributed by atoms with Gasteiger partial charge >= 0.3 is 6.03 Å². The molecule has 0 bridgehead atoms. The summed E-state index contributed by atoms with van der Waals surface area (Å²) in [5.74, 6) is 0.722. The fraction of sp³-hybridized carbons (Fsp3) is 0.167. The van der Waals surface area contributed by atoms with Gasteiger partial charge in [-0.1, -0.05) is 66.7 Å². The molecule has 3 aromatic rings. The summed E-state index contributed by atoms with van der Waals surface area (Å²) in [6.07, 6.45) is 0. The van der Waals surface area contributed by atoms with Crippen molar-refractivity contribution in [3.05, 3.63) is 94.0 Å². The molecule has 0 saturated carbocycles. The molecule has 4 rings (SSSR count). The molecule has 158 valence electrons. The SMILES string of the molecule is COc1ccc(CN2C(=O)NC(c3ccccc3)(c3ccccc3)C2=O)c(Br)c1OC. The number of hydrogen-bond acceptors (Lipinski definition) is 4. The molecule has 7 heteroatoms. The molecule has 1 saturated heterocycles. The molecule has 0 unspecified atom stereocenters. The fourth-order valence-electron chi connectivity index (χ4n) is 3.88. The minimum Gasteiger partial charge on any atom is -0.493 e. The highest BCUT2D eigenvalue weighted by Crippen LogP contribution is 2.40. The number of carbonyl (C=O) groups excluding carboxylic acids is 2. The number of nitrogens with zero attached hydrogens (tertiary/aromatic N) is 1. The monoisotopic (exact) mass is 480 g/mol. The van der Waals surface area contributed by atoms with Gasteiger partial charge in [0.05, 0.1) is 25.2 Å². The number of rotatable bonds is 6. The first-order chi connectivity index (χ1) is 15.0. The third kappa shape index (κ3) is 3.45. The van der Waals surface area contributed by atoms with Crippen LogP contribution >= 0.6 is 15.9 Å². The summed E-state index contributed by atoms with van der Waals surface area (Å²) < 4.78 is 11.4. The Morgan fingerprint density at radius 1 is 0.871 bits per heavy atom. The fourth-order valence-corrected chi connectivity index (χ4v) is 4.49. The zero-order valence-electron chi connectivity index (χ0n) is 17.1. The average molecular weight is 481 g/mol. The summed E-state index contributed by atoms with van der Waals surface area (Å²) >= 11 is 3.52. The molecule has 6 nitrogen and oxygen atoms in total. The van der Waals surface area contributed by atoms with Crippen molar-refractivity contribution in [2.75, 3.05) is 14.2 Å². The van der Waals surface area contributed by atoms with E-state index < -0.39 is 11.6 Å². The van der Waals surface area contributed by atoms with Gasteiger partial charge in [0.25, 0.3) is 5.91 Å². The Kier molecular flexibility index (Phi) is 5.69. The van der Waals surface area contributed by atoms with E-state index in [0.29, 0.717) is 27.1 Å². The smallest absolute Gasteiger partial charge is 0.325 e. The van der Waals surface area contributed by atoms with Gasteiger partial charge in [0, 0.05) is 0 Å². The number of urea groups is 1. The van der Waals surface area contributed by atoms with Crippen molar-refractivity contribution in [2.24, 2.45) is 0 Å². The molecule has 1 heterocycles. The molecule has 0 aliphatic carbocycles. The zero-order chi connectivity index (χ0) is 22.0. The summed E-state index contributed by atoms with van der Waals surface area (Å²) in [7, 11) is 3.09. The van der Waals surface area contributed by atoms with Crippen molar-refractivity contribution >= 4 is 27.9 Å². The molecule has 31 heavy (non-hydrogen) atoms. The van der Waals surface area contributed by atoms with E-state index in [1.165, 1.54) is 12.0 Å². The van der Waals surface area contributed by atoms with Crippen molar-refractivity contribution in [1.29, 1.82) is 0 Å². The predicted molar refractivity (Wildman–Crippen MR) is 120 cm³/mol. The second kappa shape index (κ2) is 8.43. The van der Waals surface area contributed by atoms with Crippen LogP contribution in [0.2, 0.25) is 0 Å². The minimum atomic E-state index is -1.29. The number of hydrogen-bond donors (Lipinski definition) is 1. The van der Waals surface area contributed by atoms with Crippen molar-refractivity contribution in [3.63, 3.8) is 0 Å². The lowest BCUT2D eigenvalue weighted by Crippen LogP contribution is -2.45. The Morgan fingerprint density at radius 2 is 1.45 bits per heavy atom. The summed E-state index contributed by atoms with van der Waals surface area (Å²) in [6.45, 7) is 0.0764. The minimum absolute atomic E-state index is 0.0764. The number of ether oxygens (including phenoxy) is 2. The molecule has 1 fully saturated rings. The number of imide groups is 1. The Hall–Kier alpha value is -3.32. The zero-order valence-corrected chi connectivity index (χ0v) is 18.7. The molecule has 1 aliphatic heterocycles. The second-order valence-electron chi connectivity index (χ2n) is 7.08. The number of halogens is 1. The number of amides is 3. The van der Waals surface area contributed by atoms with E-state index in [1.54, 1.807) is 19.2 Å². The average Bonchev–Trinajstić information content (AvgIpc) is 3.06. The Morgan fingerprint density at radius 3 is 1.97 bits per heavy atom. The van der Waals surface area contributed by atoms with Gasteiger partial charge in [-0.05, 0) is 38.7 Å². The van der Waals surface area contributed by atoms with E-state index in [0.717, 1.165) is 5.56 Å². The van der Waals surface area contributed by atoms with Gasteiger partial charge < -0.3 is 14.8 Å².